The SMILES string of the molecule is CCOC(=O)N1CCN(C(=O)c2ccc(C)nc2C2CCN(C(=O)C(OC(C)=O)c3ccccc3)CC2)CC1. The second kappa shape index (κ2) is 12.7. The van der Waals surface area contributed by atoms with Crippen molar-refractivity contribution in [1.29, 1.82) is 0 Å². The van der Waals surface area contributed by atoms with Crippen molar-refractivity contribution in [3.8, 4) is 0 Å². The molecule has 208 valence electrons. The molecule has 0 spiro atoms. The summed E-state index contributed by atoms with van der Waals surface area (Å²) in [6, 6.07) is 12.7. The number of aryl methyl sites for hydroxylation is 1. The number of likely N-dealkylation sites (tertiary alicyclic amines) is 1. The number of hydrogen-bond donors (Lipinski definition) is 0. The van der Waals surface area contributed by atoms with Gasteiger partial charge < -0.3 is 24.2 Å². The van der Waals surface area contributed by atoms with E-state index in [2.05, 4.69) is 0 Å². The van der Waals surface area contributed by atoms with Crippen molar-refractivity contribution in [2.45, 2.75) is 45.6 Å². The lowest BCUT2D eigenvalue weighted by molar-refractivity contribution is -0.159. The third-order valence-corrected chi connectivity index (χ3v) is 7.19. The van der Waals surface area contributed by atoms with Gasteiger partial charge in [-0.15, -0.1) is 0 Å². The van der Waals surface area contributed by atoms with E-state index in [-0.39, 0.29) is 23.8 Å². The highest BCUT2D eigenvalue weighted by Crippen LogP contribution is 2.32. The fourth-order valence-electron chi connectivity index (χ4n) is 5.14. The summed E-state index contributed by atoms with van der Waals surface area (Å²) in [7, 11) is 0. The van der Waals surface area contributed by atoms with Gasteiger partial charge in [-0.25, -0.2) is 4.79 Å². The molecule has 4 rings (SSSR count). The van der Waals surface area contributed by atoms with Crippen LogP contribution in [0.25, 0.3) is 0 Å². The summed E-state index contributed by atoms with van der Waals surface area (Å²) in [5.41, 5.74) is 2.78. The molecule has 2 fully saturated rings. The van der Waals surface area contributed by atoms with E-state index in [1.54, 1.807) is 33.8 Å². The molecule has 2 aliphatic rings. The first-order valence-electron chi connectivity index (χ1n) is 13.5. The normalized spacial score (nSPS) is 16.9. The van der Waals surface area contributed by atoms with Crippen LogP contribution in [0.1, 0.15) is 66.0 Å². The summed E-state index contributed by atoms with van der Waals surface area (Å²) in [5, 5.41) is 0. The van der Waals surface area contributed by atoms with Crippen molar-refractivity contribution in [3.63, 3.8) is 0 Å². The van der Waals surface area contributed by atoms with Crippen molar-refractivity contribution in [3.05, 3.63) is 65.0 Å². The van der Waals surface area contributed by atoms with Gasteiger partial charge in [0.1, 0.15) is 0 Å². The van der Waals surface area contributed by atoms with Gasteiger partial charge in [0.2, 0.25) is 6.10 Å². The van der Waals surface area contributed by atoms with Crippen LogP contribution in [-0.2, 0) is 19.1 Å². The highest BCUT2D eigenvalue weighted by atomic mass is 16.6. The Morgan fingerprint density at radius 1 is 0.897 bits per heavy atom. The van der Waals surface area contributed by atoms with Crippen LogP contribution in [0.15, 0.2) is 42.5 Å². The van der Waals surface area contributed by atoms with Gasteiger partial charge in [0.15, 0.2) is 0 Å². The number of carbonyl (C=O) groups is 4. The summed E-state index contributed by atoms with van der Waals surface area (Å²) >= 11 is 0. The minimum absolute atomic E-state index is 0.0117. The van der Waals surface area contributed by atoms with E-state index in [1.165, 1.54) is 6.92 Å². The summed E-state index contributed by atoms with van der Waals surface area (Å²) in [4.78, 5) is 60.5. The second-order valence-corrected chi connectivity index (χ2v) is 9.86. The Hall–Kier alpha value is -3.95. The topological polar surface area (TPSA) is 109 Å². The largest absolute Gasteiger partial charge is 0.450 e. The molecule has 0 aliphatic carbocycles. The molecule has 1 aromatic heterocycles. The number of aromatic nitrogens is 1. The van der Waals surface area contributed by atoms with Crippen LogP contribution in [-0.4, -0.2) is 89.4 Å². The van der Waals surface area contributed by atoms with Crippen LogP contribution in [0, 0.1) is 6.92 Å². The standard InChI is InChI=1S/C29H36N4O6/c1-4-38-29(37)33-18-16-32(17-19-33)27(35)24-11-10-20(2)30-25(24)22-12-14-31(15-13-22)28(36)26(39-21(3)34)23-8-6-5-7-9-23/h5-11,22,26H,4,12-19H2,1-3H3. The summed E-state index contributed by atoms with van der Waals surface area (Å²) in [6.07, 6.45) is -0.0592. The molecule has 3 amide bonds. The van der Waals surface area contributed by atoms with Gasteiger partial charge in [0.25, 0.3) is 11.8 Å². The maximum atomic E-state index is 13.5. The molecule has 2 aliphatic heterocycles. The average Bonchev–Trinajstić information content (AvgIpc) is 2.96. The van der Waals surface area contributed by atoms with Gasteiger partial charge in [-0.1, -0.05) is 30.3 Å². The number of hydrogen-bond acceptors (Lipinski definition) is 7. The molecule has 0 N–H and O–H groups in total. The lowest BCUT2D eigenvalue weighted by Crippen LogP contribution is -2.51. The molecule has 1 atom stereocenters. The zero-order valence-electron chi connectivity index (χ0n) is 22.8. The number of ether oxygens (including phenoxy) is 2. The summed E-state index contributed by atoms with van der Waals surface area (Å²) in [6.45, 7) is 7.92. The Labute approximate surface area is 228 Å². The Morgan fingerprint density at radius 2 is 1.54 bits per heavy atom. The number of piperazine rings is 1. The van der Waals surface area contributed by atoms with Gasteiger partial charge in [-0.2, -0.15) is 0 Å². The molecular weight excluding hydrogens is 500 g/mol. The second-order valence-electron chi connectivity index (χ2n) is 9.86. The van der Waals surface area contributed by atoms with E-state index in [1.807, 2.05) is 37.3 Å². The van der Waals surface area contributed by atoms with Crippen LogP contribution in [0.4, 0.5) is 4.79 Å². The van der Waals surface area contributed by atoms with Crippen molar-refractivity contribution < 1.29 is 28.7 Å². The fraction of sp³-hybridized carbons (Fsp3) is 0.483. The number of carbonyl (C=O) groups excluding carboxylic acids is 4. The third-order valence-electron chi connectivity index (χ3n) is 7.19. The minimum atomic E-state index is -0.984. The van der Waals surface area contributed by atoms with E-state index < -0.39 is 12.1 Å². The number of pyridine rings is 1. The molecule has 39 heavy (non-hydrogen) atoms. The number of amides is 3. The Kier molecular flexibility index (Phi) is 9.16. The van der Waals surface area contributed by atoms with E-state index >= 15 is 0 Å². The Morgan fingerprint density at radius 3 is 2.15 bits per heavy atom. The molecule has 3 heterocycles. The quantitative estimate of drug-likeness (QED) is 0.521. The molecule has 10 nitrogen and oxygen atoms in total. The molecule has 2 aromatic rings. The smallest absolute Gasteiger partial charge is 0.409 e. The van der Waals surface area contributed by atoms with E-state index in [0.717, 1.165) is 11.4 Å². The number of rotatable bonds is 6. The van der Waals surface area contributed by atoms with E-state index in [9.17, 15) is 19.2 Å². The zero-order chi connectivity index (χ0) is 27.9. The molecule has 0 saturated carbocycles. The van der Waals surface area contributed by atoms with Crippen LogP contribution >= 0.6 is 0 Å². The van der Waals surface area contributed by atoms with E-state index in [4.69, 9.17) is 14.5 Å². The lowest BCUT2D eigenvalue weighted by Gasteiger charge is -2.36. The lowest BCUT2D eigenvalue weighted by atomic mass is 9.89. The van der Waals surface area contributed by atoms with Crippen molar-refractivity contribution in [1.82, 2.24) is 19.7 Å². The molecule has 1 aromatic carbocycles. The maximum Gasteiger partial charge on any atom is 0.409 e. The minimum Gasteiger partial charge on any atom is -0.450 e. The highest BCUT2D eigenvalue weighted by molar-refractivity contribution is 5.95. The third kappa shape index (κ3) is 6.74. The van der Waals surface area contributed by atoms with Crippen molar-refractivity contribution in [2.75, 3.05) is 45.9 Å². The van der Waals surface area contributed by atoms with E-state index in [0.29, 0.717) is 69.8 Å². The first-order valence-corrected chi connectivity index (χ1v) is 13.5. The molecule has 1 unspecified atom stereocenters. The first kappa shape index (κ1) is 28.1. The van der Waals surface area contributed by atoms with Gasteiger partial charge in [0.05, 0.1) is 17.9 Å². The number of esters is 1. The number of benzene rings is 1. The molecule has 0 bridgehead atoms. The maximum absolute atomic E-state index is 13.5. The van der Waals surface area contributed by atoms with Gasteiger partial charge in [-0.3, -0.25) is 19.4 Å². The monoisotopic (exact) mass is 536 g/mol. The average molecular weight is 537 g/mol. The number of piperidine rings is 1. The van der Waals surface area contributed by atoms with Crippen LogP contribution < -0.4 is 0 Å². The molecule has 2 saturated heterocycles. The predicted octanol–water partition coefficient (Wildman–Crippen LogP) is 3.31. The van der Waals surface area contributed by atoms with Crippen LogP contribution in [0.3, 0.4) is 0 Å². The van der Waals surface area contributed by atoms with Crippen molar-refractivity contribution in [2.24, 2.45) is 0 Å². The highest BCUT2D eigenvalue weighted by Gasteiger charge is 2.34. The Balaban J connectivity index is 1.43. The van der Waals surface area contributed by atoms with Gasteiger partial charge in [0, 0.05) is 63.4 Å². The summed E-state index contributed by atoms with van der Waals surface area (Å²) in [5.74, 6) is -0.846. The van der Waals surface area contributed by atoms with Gasteiger partial charge in [-0.05, 0) is 38.8 Å². The molecule has 10 heteroatoms. The number of nitrogens with zero attached hydrogens (tertiary/aromatic N) is 4. The van der Waals surface area contributed by atoms with Crippen LogP contribution in [0.5, 0.6) is 0 Å². The Bertz CT molecular complexity index is 1190. The predicted molar refractivity (Wildman–Crippen MR) is 143 cm³/mol. The zero-order valence-corrected chi connectivity index (χ0v) is 22.8. The van der Waals surface area contributed by atoms with Crippen molar-refractivity contribution >= 4 is 23.9 Å². The molecular formula is C29H36N4O6. The van der Waals surface area contributed by atoms with Gasteiger partial charge >= 0.3 is 12.1 Å². The fourth-order valence-corrected chi connectivity index (χ4v) is 5.14. The molecule has 0 radical (unpaired) electrons. The first-order chi connectivity index (χ1) is 18.8. The van der Waals surface area contributed by atoms with Crippen LogP contribution in [0.2, 0.25) is 0 Å². The summed E-state index contributed by atoms with van der Waals surface area (Å²) < 4.78 is 10.5.